The van der Waals surface area contributed by atoms with E-state index in [0.29, 0.717) is 18.2 Å². The molecule has 7 nitrogen and oxygen atoms in total. The van der Waals surface area contributed by atoms with E-state index >= 15 is 0 Å². The van der Waals surface area contributed by atoms with Crippen LogP contribution in [0.15, 0.2) is 35.1 Å². The minimum absolute atomic E-state index is 0.0212. The van der Waals surface area contributed by atoms with E-state index in [1.54, 1.807) is 24.3 Å². The van der Waals surface area contributed by atoms with Crippen LogP contribution in [-0.4, -0.2) is 42.0 Å². The van der Waals surface area contributed by atoms with Crippen LogP contribution >= 0.6 is 0 Å². The molecule has 0 aliphatic carbocycles. The number of ether oxygens (including phenoxy) is 2. The summed E-state index contributed by atoms with van der Waals surface area (Å²) >= 11 is 0. The molecule has 7 heteroatoms. The third kappa shape index (κ3) is 3.82. The summed E-state index contributed by atoms with van der Waals surface area (Å²) in [6.45, 7) is 1.30. The molecule has 22 heavy (non-hydrogen) atoms. The Morgan fingerprint density at radius 1 is 1.36 bits per heavy atom. The average Bonchev–Trinajstić information content (AvgIpc) is 3.24. The largest absolute Gasteiger partial charge is 0.484 e. The summed E-state index contributed by atoms with van der Waals surface area (Å²) in [5.74, 6) is 0.896. The van der Waals surface area contributed by atoms with Gasteiger partial charge in [-0.1, -0.05) is 0 Å². The van der Waals surface area contributed by atoms with Gasteiger partial charge in [-0.25, -0.2) is 0 Å². The van der Waals surface area contributed by atoms with Crippen molar-refractivity contribution < 1.29 is 18.7 Å². The Kier molecular flexibility index (Phi) is 4.65. The molecule has 1 atom stereocenters. The zero-order chi connectivity index (χ0) is 15.2. The Balaban J connectivity index is 1.43. The zero-order valence-electron chi connectivity index (χ0n) is 12.0. The monoisotopic (exact) mass is 303 g/mol. The summed E-state index contributed by atoms with van der Waals surface area (Å²) < 4.78 is 16.0. The van der Waals surface area contributed by atoms with Gasteiger partial charge in [0.25, 0.3) is 5.91 Å². The van der Waals surface area contributed by atoms with E-state index < -0.39 is 0 Å². The van der Waals surface area contributed by atoms with Gasteiger partial charge in [-0.05, 0) is 37.1 Å². The molecule has 2 aromatic rings. The van der Waals surface area contributed by atoms with Crippen molar-refractivity contribution in [2.75, 3.05) is 19.8 Å². The van der Waals surface area contributed by atoms with Gasteiger partial charge in [0.15, 0.2) is 6.61 Å². The molecule has 1 saturated heterocycles. The molecular weight excluding hydrogens is 286 g/mol. The van der Waals surface area contributed by atoms with E-state index in [1.165, 1.54) is 6.39 Å². The number of carbonyl (C=O) groups is 1. The van der Waals surface area contributed by atoms with E-state index in [1.807, 2.05) is 0 Å². The minimum atomic E-state index is -0.156. The number of amides is 1. The van der Waals surface area contributed by atoms with Crippen LogP contribution in [-0.2, 0) is 9.53 Å². The summed E-state index contributed by atoms with van der Waals surface area (Å²) in [6.07, 6.45) is 3.47. The highest BCUT2D eigenvalue weighted by atomic mass is 16.5. The van der Waals surface area contributed by atoms with E-state index in [2.05, 4.69) is 15.5 Å². The van der Waals surface area contributed by atoms with Crippen molar-refractivity contribution in [3.05, 3.63) is 30.7 Å². The van der Waals surface area contributed by atoms with E-state index in [0.717, 1.165) is 25.0 Å². The lowest BCUT2D eigenvalue weighted by atomic mass is 10.2. The molecule has 0 radical (unpaired) electrons. The molecule has 1 aromatic heterocycles. The highest BCUT2D eigenvalue weighted by molar-refractivity contribution is 5.77. The standard InChI is InChI=1S/C15H17N3O4/c19-14(16-8-13-2-1-7-20-13)9-21-12-5-3-11(4-6-12)15-18-17-10-22-15/h3-6,10,13H,1-2,7-9H2,(H,16,19)/t13-/m0/s1. The van der Waals surface area contributed by atoms with Gasteiger partial charge in [-0.3, -0.25) is 4.79 Å². The number of rotatable bonds is 6. The predicted octanol–water partition coefficient (Wildman–Crippen LogP) is 1.41. The van der Waals surface area contributed by atoms with Crippen molar-refractivity contribution in [1.29, 1.82) is 0 Å². The van der Waals surface area contributed by atoms with Crippen LogP contribution in [0.1, 0.15) is 12.8 Å². The molecule has 1 aliphatic heterocycles. The van der Waals surface area contributed by atoms with Crippen LogP contribution in [0, 0.1) is 0 Å². The first-order valence-electron chi connectivity index (χ1n) is 7.19. The third-order valence-corrected chi connectivity index (χ3v) is 3.38. The predicted molar refractivity (Wildman–Crippen MR) is 77.2 cm³/mol. The summed E-state index contributed by atoms with van der Waals surface area (Å²) in [6, 6.07) is 7.11. The molecule has 116 valence electrons. The average molecular weight is 303 g/mol. The van der Waals surface area contributed by atoms with Gasteiger partial charge in [0.1, 0.15) is 5.75 Å². The lowest BCUT2D eigenvalue weighted by Crippen LogP contribution is -2.35. The van der Waals surface area contributed by atoms with Gasteiger partial charge in [-0.15, -0.1) is 10.2 Å². The second kappa shape index (κ2) is 7.04. The summed E-state index contributed by atoms with van der Waals surface area (Å²) in [7, 11) is 0. The Hall–Kier alpha value is -2.41. The fraction of sp³-hybridized carbons (Fsp3) is 0.400. The van der Waals surface area contributed by atoms with Gasteiger partial charge in [0.2, 0.25) is 12.3 Å². The number of hydrogen-bond acceptors (Lipinski definition) is 6. The first-order chi connectivity index (χ1) is 10.8. The molecule has 1 amide bonds. The van der Waals surface area contributed by atoms with Crippen molar-refractivity contribution >= 4 is 5.91 Å². The lowest BCUT2D eigenvalue weighted by molar-refractivity contribution is -0.123. The molecule has 0 spiro atoms. The van der Waals surface area contributed by atoms with Crippen molar-refractivity contribution in [2.45, 2.75) is 18.9 Å². The first kappa shape index (κ1) is 14.5. The van der Waals surface area contributed by atoms with Crippen LogP contribution in [0.5, 0.6) is 5.75 Å². The van der Waals surface area contributed by atoms with Gasteiger partial charge in [0, 0.05) is 18.7 Å². The van der Waals surface area contributed by atoms with E-state index in [4.69, 9.17) is 13.9 Å². The quantitative estimate of drug-likeness (QED) is 0.868. The molecular formula is C15H17N3O4. The van der Waals surface area contributed by atoms with Crippen LogP contribution in [0.2, 0.25) is 0 Å². The highest BCUT2D eigenvalue weighted by Crippen LogP contribution is 2.20. The van der Waals surface area contributed by atoms with Gasteiger partial charge >= 0.3 is 0 Å². The van der Waals surface area contributed by atoms with Crippen molar-refractivity contribution in [1.82, 2.24) is 15.5 Å². The Bertz CT molecular complexity index is 592. The number of carbonyl (C=O) groups excluding carboxylic acids is 1. The first-order valence-corrected chi connectivity index (χ1v) is 7.19. The Morgan fingerprint density at radius 2 is 2.23 bits per heavy atom. The maximum Gasteiger partial charge on any atom is 0.258 e. The third-order valence-electron chi connectivity index (χ3n) is 3.38. The molecule has 1 fully saturated rings. The Morgan fingerprint density at radius 3 is 2.91 bits per heavy atom. The summed E-state index contributed by atoms with van der Waals surface area (Å²) in [5, 5.41) is 10.2. The number of aromatic nitrogens is 2. The molecule has 0 unspecified atom stereocenters. The molecule has 0 saturated carbocycles. The smallest absolute Gasteiger partial charge is 0.258 e. The number of hydrogen-bond donors (Lipinski definition) is 1. The zero-order valence-corrected chi connectivity index (χ0v) is 12.0. The maximum absolute atomic E-state index is 11.7. The second-order valence-electron chi connectivity index (χ2n) is 5.00. The topological polar surface area (TPSA) is 86.5 Å². The van der Waals surface area contributed by atoms with Crippen LogP contribution in [0.4, 0.5) is 0 Å². The van der Waals surface area contributed by atoms with Crippen LogP contribution in [0.25, 0.3) is 11.5 Å². The normalized spacial score (nSPS) is 17.4. The Labute approximate surface area is 127 Å². The molecule has 1 N–H and O–H groups in total. The van der Waals surface area contributed by atoms with Crippen LogP contribution in [0.3, 0.4) is 0 Å². The van der Waals surface area contributed by atoms with Crippen molar-refractivity contribution in [3.63, 3.8) is 0 Å². The molecule has 2 heterocycles. The fourth-order valence-corrected chi connectivity index (χ4v) is 2.23. The molecule has 0 bridgehead atoms. The van der Waals surface area contributed by atoms with E-state index in [-0.39, 0.29) is 18.6 Å². The van der Waals surface area contributed by atoms with Crippen LogP contribution < -0.4 is 10.1 Å². The molecule has 1 aromatic carbocycles. The molecule has 3 rings (SSSR count). The highest BCUT2D eigenvalue weighted by Gasteiger charge is 2.16. The lowest BCUT2D eigenvalue weighted by Gasteiger charge is -2.11. The van der Waals surface area contributed by atoms with E-state index in [9.17, 15) is 4.79 Å². The number of benzene rings is 1. The van der Waals surface area contributed by atoms with Crippen molar-refractivity contribution in [3.8, 4) is 17.2 Å². The number of nitrogens with zero attached hydrogens (tertiary/aromatic N) is 2. The second-order valence-corrected chi connectivity index (χ2v) is 5.00. The minimum Gasteiger partial charge on any atom is -0.484 e. The summed E-state index contributed by atoms with van der Waals surface area (Å²) in [5.41, 5.74) is 0.799. The maximum atomic E-state index is 11.7. The van der Waals surface area contributed by atoms with Crippen molar-refractivity contribution in [2.24, 2.45) is 0 Å². The molecule has 1 aliphatic rings. The van der Waals surface area contributed by atoms with Gasteiger partial charge in [0.05, 0.1) is 6.10 Å². The summed E-state index contributed by atoms with van der Waals surface area (Å²) in [4.78, 5) is 11.7. The fourth-order valence-electron chi connectivity index (χ4n) is 2.23. The number of nitrogens with one attached hydrogen (secondary N) is 1. The SMILES string of the molecule is O=C(COc1ccc(-c2nnco2)cc1)NC[C@@H]1CCCO1. The van der Waals surface area contributed by atoms with Gasteiger partial charge in [-0.2, -0.15) is 0 Å². The van der Waals surface area contributed by atoms with Gasteiger partial charge < -0.3 is 19.2 Å².